The Morgan fingerprint density at radius 1 is 1.11 bits per heavy atom. The summed E-state index contributed by atoms with van der Waals surface area (Å²) in [5, 5.41) is 9.05. The third-order valence-corrected chi connectivity index (χ3v) is 8.72. The molecular formula is C29H30F2N6S. The van der Waals surface area contributed by atoms with Crippen LogP contribution in [0, 0.1) is 11.6 Å². The Balaban J connectivity index is 1.07. The number of hydrogen-bond donors (Lipinski definition) is 0. The number of hydrogen-bond acceptors (Lipinski definition) is 6. The number of rotatable bonds is 7. The number of likely N-dealkylation sites (tertiary alicyclic amines) is 1. The van der Waals surface area contributed by atoms with E-state index >= 15 is 0 Å². The fraction of sp³-hybridized carbons (Fsp3) is 0.379. The molecule has 1 unspecified atom stereocenters. The number of aromatic nitrogens is 4. The van der Waals surface area contributed by atoms with Crippen LogP contribution in [0.1, 0.15) is 60.0 Å². The number of nitrogens with zero attached hydrogens (tertiary/aromatic N) is 6. The van der Waals surface area contributed by atoms with E-state index in [0.717, 1.165) is 71.2 Å². The number of thiazole rings is 1. The van der Waals surface area contributed by atoms with Gasteiger partial charge in [0.05, 0.1) is 28.7 Å². The summed E-state index contributed by atoms with van der Waals surface area (Å²) < 4.78 is 30.5. The van der Waals surface area contributed by atoms with Gasteiger partial charge < -0.3 is 4.90 Å². The molecule has 0 radical (unpaired) electrons. The predicted octanol–water partition coefficient (Wildman–Crippen LogP) is 6.10. The van der Waals surface area contributed by atoms with Crippen LogP contribution in [0.5, 0.6) is 0 Å². The van der Waals surface area contributed by atoms with Crippen molar-refractivity contribution in [2.75, 3.05) is 19.6 Å². The van der Waals surface area contributed by atoms with E-state index < -0.39 is 11.6 Å². The van der Waals surface area contributed by atoms with Crippen molar-refractivity contribution in [3.05, 3.63) is 87.8 Å². The van der Waals surface area contributed by atoms with E-state index in [2.05, 4.69) is 34.4 Å². The van der Waals surface area contributed by atoms with E-state index in [-0.39, 0.29) is 11.5 Å². The number of aliphatic imine (C=N–C) groups is 1. The number of benzene rings is 1. The van der Waals surface area contributed by atoms with Gasteiger partial charge in [-0.3, -0.25) is 4.99 Å². The van der Waals surface area contributed by atoms with Crippen LogP contribution >= 0.6 is 11.3 Å². The van der Waals surface area contributed by atoms with Crippen molar-refractivity contribution in [2.24, 2.45) is 4.99 Å². The minimum Gasteiger partial charge on any atom is -0.374 e. The van der Waals surface area contributed by atoms with Crippen LogP contribution in [0.2, 0.25) is 0 Å². The highest BCUT2D eigenvalue weighted by atomic mass is 32.1. The van der Waals surface area contributed by atoms with Crippen molar-refractivity contribution in [1.29, 1.82) is 0 Å². The highest BCUT2D eigenvalue weighted by molar-refractivity contribution is 7.10. The Morgan fingerprint density at radius 3 is 2.66 bits per heavy atom. The van der Waals surface area contributed by atoms with Crippen molar-refractivity contribution >= 4 is 28.1 Å². The molecule has 6 rings (SSSR count). The molecule has 0 spiro atoms. The minimum absolute atomic E-state index is 0.138. The maximum Gasteiger partial charge on any atom is 0.158 e. The van der Waals surface area contributed by atoms with E-state index in [1.54, 1.807) is 11.3 Å². The van der Waals surface area contributed by atoms with E-state index in [9.17, 15) is 8.78 Å². The molecule has 9 heteroatoms. The smallest absolute Gasteiger partial charge is 0.158 e. The molecule has 1 saturated heterocycles. The molecule has 1 atom stereocenters. The maximum absolute atomic E-state index is 14.3. The summed E-state index contributed by atoms with van der Waals surface area (Å²) in [6.07, 6.45) is 5.19. The molecule has 4 aromatic rings. The summed E-state index contributed by atoms with van der Waals surface area (Å²) in [4.78, 5) is 16.4. The quantitative estimate of drug-likeness (QED) is 0.289. The molecule has 2 aliphatic rings. The van der Waals surface area contributed by atoms with E-state index in [0.29, 0.717) is 25.4 Å². The van der Waals surface area contributed by atoms with Gasteiger partial charge in [0.15, 0.2) is 5.65 Å². The van der Waals surface area contributed by atoms with Gasteiger partial charge in [-0.25, -0.2) is 23.4 Å². The monoisotopic (exact) mass is 532 g/mol. The van der Waals surface area contributed by atoms with Gasteiger partial charge in [0.1, 0.15) is 11.6 Å². The molecule has 0 saturated carbocycles. The molecule has 2 aliphatic heterocycles. The summed E-state index contributed by atoms with van der Waals surface area (Å²) in [5.41, 5.74) is 4.85. The molecule has 0 N–H and O–H groups in total. The molecule has 196 valence electrons. The highest BCUT2D eigenvalue weighted by Crippen LogP contribution is 2.35. The number of allylic oxidation sites excluding steroid dienone is 1. The van der Waals surface area contributed by atoms with Crippen LogP contribution in [0.25, 0.3) is 11.0 Å². The van der Waals surface area contributed by atoms with Crippen LogP contribution < -0.4 is 0 Å². The van der Waals surface area contributed by atoms with Crippen LogP contribution in [0.15, 0.2) is 59.2 Å². The second kappa shape index (κ2) is 10.4. The zero-order valence-corrected chi connectivity index (χ0v) is 22.2. The van der Waals surface area contributed by atoms with E-state index in [1.165, 1.54) is 18.2 Å². The van der Waals surface area contributed by atoms with Crippen LogP contribution in [0.4, 0.5) is 8.78 Å². The largest absolute Gasteiger partial charge is 0.374 e. The SMILES string of the molecule is C=C(Cn1nc(CC)c2cccnc21)N1CCC(c2nc(C3=NCC(c4c(F)cccc4F)C3)cs2)CC1. The number of halogens is 2. The standard InChI is InChI=1S/C29H30F2N6S/c1-3-24-21-6-5-11-32-28(21)37(35-24)16-18(2)36-12-9-19(10-13-36)29-34-26(17-38-29)25-14-20(15-33-25)27-22(30)7-4-8-23(27)31/h4-8,11,17,19-20H,2-3,9-10,12-16H2,1H3. The first-order chi connectivity index (χ1) is 18.5. The van der Waals surface area contributed by atoms with Crippen molar-refractivity contribution in [2.45, 2.75) is 51.0 Å². The molecule has 0 amide bonds. The number of pyridine rings is 1. The lowest BCUT2D eigenvalue weighted by Gasteiger charge is -2.34. The molecule has 6 nitrogen and oxygen atoms in total. The van der Waals surface area contributed by atoms with Gasteiger partial charge in [0.25, 0.3) is 0 Å². The summed E-state index contributed by atoms with van der Waals surface area (Å²) in [5.74, 6) is -0.886. The maximum atomic E-state index is 14.3. The van der Waals surface area contributed by atoms with Crippen LogP contribution in [0.3, 0.4) is 0 Å². The first kappa shape index (κ1) is 24.9. The van der Waals surface area contributed by atoms with Gasteiger partial charge in [-0.15, -0.1) is 11.3 Å². The Kier molecular flexibility index (Phi) is 6.78. The van der Waals surface area contributed by atoms with Crippen molar-refractivity contribution in [3.8, 4) is 0 Å². The second-order valence-electron chi connectivity index (χ2n) is 10.1. The molecule has 5 heterocycles. The van der Waals surface area contributed by atoms with Crippen molar-refractivity contribution < 1.29 is 8.78 Å². The summed E-state index contributed by atoms with van der Waals surface area (Å²) in [6, 6.07) is 8.06. The van der Waals surface area contributed by atoms with E-state index in [4.69, 9.17) is 10.1 Å². The molecular weight excluding hydrogens is 502 g/mol. The Bertz CT molecular complexity index is 1490. The summed E-state index contributed by atoms with van der Waals surface area (Å²) >= 11 is 1.66. The zero-order valence-electron chi connectivity index (χ0n) is 21.4. The van der Waals surface area contributed by atoms with Gasteiger partial charge in [0, 0.05) is 66.1 Å². The molecule has 38 heavy (non-hydrogen) atoms. The fourth-order valence-electron chi connectivity index (χ4n) is 5.63. The predicted molar refractivity (Wildman–Crippen MR) is 147 cm³/mol. The second-order valence-corrected chi connectivity index (χ2v) is 10.9. The van der Waals surface area contributed by atoms with Gasteiger partial charge in [-0.05, 0) is 43.5 Å². The van der Waals surface area contributed by atoms with Gasteiger partial charge in [-0.2, -0.15) is 5.10 Å². The third-order valence-electron chi connectivity index (χ3n) is 7.71. The molecule has 3 aromatic heterocycles. The first-order valence-corrected chi connectivity index (χ1v) is 14.1. The van der Waals surface area contributed by atoms with Crippen molar-refractivity contribution in [3.63, 3.8) is 0 Å². The zero-order chi connectivity index (χ0) is 26.2. The molecule has 1 fully saturated rings. The molecule has 0 bridgehead atoms. The van der Waals surface area contributed by atoms with Gasteiger partial charge in [-0.1, -0.05) is 19.6 Å². The normalized spacial score (nSPS) is 18.3. The average Bonchev–Trinajstić information content (AvgIpc) is 3.68. The lowest BCUT2D eigenvalue weighted by Crippen LogP contribution is -2.33. The first-order valence-electron chi connectivity index (χ1n) is 13.2. The lowest BCUT2D eigenvalue weighted by molar-refractivity contribution is 0.252. The lowest BCUT2D eigenvalue weighted by atomic mass is 9.94. The minimum atomic E-state index is -0.499. The van der Waals surface area contributed by atoms with Gasteiger partial charge >= 0.3 is 0 Å². The van der Waals surface area contributed by atoms with E-state index in [1.807, 2.05) is 22.3 Å². The Morgan fingerprint density at radius 2 is 1.89 bits per heavy atom. The van der Waals surface area contributed by atoms with Crippen LogP contribution in [-0.4, -0.2) is 50.0 Å². The third kappa shape index (κ3) is 4.64. The summed E-state index contributed by atoms with van der Waals surface area (Å²) in [7, 11) is 0. The fourth-order valence-corrected chi connectivity index (χ4v) is 6.63. The number of piperidine rings is 1. The molecule has 1 aromatic carbocycles. The van der Waals surface area contributed by atoms with Crippen LogP contribution in [-0.2, 0) is 13.0 Å². The molecule has 0 aliphatic carbocycles. The number of aryl methyl sites for hydroxylation is 1. The van der Waals surface area contributed by atoms with Gasteiger partial charge in [0.2, 0.25) is 0 Å². The Hall–Kier alpha value is -3.46. The highest BCUT2D eigenvalue weighted by Gasteiger charge is 2.29. The average molecular weight is 533 g/mol. The van der Waals surface area contributed by atoms with Crippen molar-refractivity contribution in [1.82, 2.24) is 24.6 Å². The number of fused-ring (bicyclic) bond motifs is 1. The Labute approximate surface area is 224 Å². The summed E-state index contributed by atoms with van der Waals surface area (Å²) in [6.45, 7) is 9.34. The topological polar surface area (TPSA) is 59.2 Å².